The van der Waals surface area contributed by atoms with Gasteiger partial charge in [0.25, 0.3) is 0 Å². The Morgan fingerprint density at radius 3 is 2.62 bits per heavy atom. The molecule has 0 aromatic carbocycles. The molecule has 0 aromatic rings. The molecule has 0 aromatic heterocycles. The summed E-state index contributed by atoms with van der Waals surface area (Å²) < 4.78 is 0. The molecule has 1 rings (SSSR count). The van der Waals surface area contributed by atoms with E-state index in [1.54, 1.807) is 0 Å². The van der Waals surface area contributed by atoms with Crippen LogP contribution in [0.5, 0.6) is 0 Å². The number of amides is 1. The van der Waals surface area contributed by atoms with Crippen molar-refractivity contribution in [2.24, 2.45) is 5.92 Å². The van der Waals surface area contributed by atoms with Crippen LogP contribution in [0.2, 0.25) is 0 Å². The third-order valence-electron chi connectivity index (χ3n) is 2.80. The molecule has 0 radical (unpaired) electrons. The van der Waals surface area contributed by atoms with Gasteiger partial charge in [-0.25, -0.2) is 0 Å². The molecule has 1 atom stereocenters. The molecule has 0 saturated heterocycles. The van der Waals surface area contributed by atoms with Gasteiger partial charge in [-0.05, 0) is 26.8 Å². The minimum atomic E-state index is 0.250. The number of hydrogen-bond donors (Lipinski definition) is 2. The first kappa shape index (κ1) is 10.5. The van der Waals surface area contributed by atoms with Crippen LogP contribution in [-0.2, 0) is 4.79 Å². The summed E-state index contributed by atoms with van der Waals surface area (Å²) in [6.45, 7) is 2.81. The van der Waals surface area contributed by atoms with Crippen molar-refractivity contribution in [3.63, 3.8) is 0 Å². The number of carbonyl (C=O) groups excluding carboxylic acids is 1. The fourth-order valence-corrected chi connectivity index (χ4v) is 1.69. The zero-order valence-corrected chi connectivity index (χ0v) is 8.60. The number of likely N-dealkylation sites (N-methyl/N-ethyl adjacent to an activating group) is 1. The topological polar surface area (TPSA) is 41.1 Å². The van der Waals surface area contributed by atoms with Crippen LogP contribution in [0, 0.1) is 5.92 Å². The molecule has 1 fully saturated rings. The number of carbonyl (C=O) groups is 1. The highest BCUT2D eigenvalue weighted by atomic mass is 16.1. The van der Waals surface area contributed by atoms with E-state index in [2.05, 4.69) is 17.6 Å². The van der Waals surface area contributed by atoms with Crippen LogP contribution in [0.4, 0.5) is 0 Å². The zero-order chi connectivity index (χ0) is 9.68. The fraction of sp³-hybridized carbons (Fsp3) is 0.900. The number of hydrogen-bond acceptors (Lipinski definition) is 2. The summed E-state index contributed by atoms with van der Waals surface area (Å²) >= 11 is 0. The van der Waals surface area contributed by atoms with E-state index in [0.717, 1.165) is 19.4 Å². The minimum absolute atomic E-state index is 0.250. The van der Waals surface area contributed by atoms with E-state index >= 15 is 0 Å². The third-order valence-corrected chi connectivity index (χ3v) is 2.80. The average Bonchev–Trinajstić information content (AvgIpc) is 2.66. The van der Waals surface area contributed by atoms with Crippen molar-refractivity contribution in [3.8, 4) is 0 Å². The summed E-state index contributed by atoms with van der Waals surface area (Å²) in [5.74, 6) is 0.545. The van der Waals surface area contributed by atoms with Crippen LogP contribution in [0.15, 0.2) is 0 Å². The summed E-state index contributed by atoms with van der Waals surface area (Å²) in [7, 11) is 1.91. The van der Waals surface area contributed by atoms with Gasteiger partial charge in [-0.2, -0.15) is 0 Å². The van der Waals surface area contributed by atoms with Crippen LogP contribution >= 0.6 is 0 Å². The maximum Gasteiger partial charge on any atom is 0.223 e. The molecule has 1 aliphatic rings. The van der Waals surface area contributed by atoms with Crippen molar-refractivity contribution in [2.45, 2.75) is 38.6 Å². The summed E-state index contributed by atoms with van der Waals surface area (Å²) in [6.07, 6.45) is 4.61. The van der Waals surface area contributed by atoms with Gasteiger partial charge in [0.1, 0.15) is 0 Å². The molecule has 1 unspecified atom stereocenters. The first-order chi connectivity index (χ1) is 6.24. The molecule has 0 spiro atoms. The summed E-state index contributed by atoms with van der Waals surface area (Å²) in [5.41, 5.74) is 0. The van der Waals surface area contributed by atoms with E-state index in [-0.39, 0.29) is 5.91 Å². The molecular weight excluding hydrogens is 164 g/mol. The largest absolute Gasteiger partial charge is 0.354 e. The summed E-state index contributed by atoms with van der Waals surface area (Å²) in [5, 5.41) is 6.07. The lowest BCUT2D eigenvalue weighted by Crippen LogP contribution is -2.39. The van der Waals surface area contributed by atoms with Crippen molar-refractivity contribution >= 4 is 5.91 Å². The molecule has 0 heterocycles. The predicted octanol–water partition coefficient (Wildman–Crippen LogP) is 0.901. The molecule has 76 valence electrons. The smallest absolute Gasteiger partial charge is 0.223 e. The quantitative estimate of drug-likeness (QED) is 0.681. The first-order valence-corrected chi connectivity index (χ1v) is 5.19. The Hall–Kier alpha value is -0.570. The molecule has 1 aliphatic carbocycles. The maximum atomic E-state index is 11.5. The van der Waals surface area contributed by atoms with E-state index in [1.807, 2.05) is 7.05 Å². The van der Waals surface area contributed by atoms with Crippen LogP contribution in [0.25, 0.3) is 0 Å². The van der Waals surface area contributed by atoms with Gasteiger partial charge in [-0.3, -0.25) is 4.79 Å². The Morgan fingerprint density at radius 2 is 2.08 bits per heavy atom. The monoisotopic (exact) mass is 184 g/mol. The van der Waals surface area contributed by atoms with Gasteiger partial charge in [0.2, 0.25) is 5.91 Å². The van der Waals surface area contributed by atoms with Gasteiger partial charge in [0, 0.05) is 18.5 Å². The van der Waals surface area contributed by atoms with Crippen molar-refractivity contribution in [1.29, 1.82) is 0 Å². The van der Waals surface area contributed by atoms with Crippen molar-refractivity contribution in [3.05, 3.63) is 0 Å². The van der Waals surface area contributed by atoms with E-state index < -0.39 is 0 Å². The van der Waals surface area contributed by atoms with Gasteiger partial charge in [-0.1, -0.05) is 12.8 Å². The molecule has 1 saturated carbocycles. The van der Waals surface area contributed by atoms with Crippen molar-refractivity contribution < 1.29 is 4.79 Å². The minimum Gasteiger partial charge on any atom is -0.354 e. The van der Waals surface area contributed by atoms with Gasteiger partial charge in [0.15, 0.2) is 0 Å². The highest BCUT2D eigenvalue weighted by Gasteiger charge is 2.22. The Labute approximate surface area is 80.3 Å². The fourth-order valence-electron chi connectivity index (χ4n) is 1.69. The molecule has 3 heteroatoms. The van der Waals surface area contributed by atoms with E-state index in [4.69, 9.17) is 0 Å². The lowest BCUT2D eigenvalue weighted by molar-refractivity contribution is -0.124. The molecule has 1 amide bonds. The summed E-state index contributed by atoms with van der Waals surface area (Å²) in [6, 6.07) is 0.366. The van der Waals surface area contributed by atoms with Gasteiger partial charge in [-0.15, -0.1) is 0 Å². The third kappa shape index (κ3) is 3.35. The molecule has 2 N–H and O–H groups in total. The van der Waals surface area contributed by atoms with Crippen LogP contribution in [0.1, 0.15) is 32.6 Å². The van der Waals surface area contributed by atoms with E-state index in [1.165, 1.54) is 12.8 Å². The zero-order valence-electron chi connectivity index (χ0n) is 8.60. The predicted molar refractivity (Wildman–Crippen MR) is 53.5 cm³/mol. The number of rotatable bonds is 4. The maximum absolute atomic E-state index is 11.5. The number of nitrogens with one attached hydrogen (secondary N) is 2. The lowest BCUT2D eigenvalue weighted by Gasteiger charge is -2.14. The Morgan fingerprint density at radius 1 is 1.46 bits per heavy atom. The SMILES string of the molecule is CNC(C)CNC(=O)C1CCCC1. The Bertz CT molecular complexity index is 164. The molecule has 0 aliphatic heterocycles. The van der Waals surface area contributed by atoms with E-state index in [0.29, 0.717) is 12.0 Å². The average molecular weight is 184 g/mol. The van der Waals surface area contributed by atoms with Crippen molar-refractivity contribution in [1.82, 2.24) is 10.6 Å². The Balaban J connectivity index is 2.16. The molecule has 0 bridgehead atoms. The Kier molecular flexibility index (Phi) is 4.22. The lowest BCUT2D eigenvalue weighted by atomic mass is 10.1. The van der Waals surface area contributed by atoms with Crippen molar-refractivity contribution in [2.75, 3.05) is 13.6 Å². The van der Waals surface area contributed by atoms with Crippen LogP contribution < -0.4 is 10.6 Å². The highest BCUT2D eigenvalue weighted by molar-refractivity contribution is 5.78. The van der Waals surface area contributed by atoms with Gasteiger partial charge >= 0.3 is 0 Å². The second kappa shape index (κ2) is 5.22. The first-order valence-electron chi connectivity index (χ1n) is 5.19. The van der Waals surface area contributed by atoms with Crippen LogP contribution in [0.3, 0.4) is 0 Å². The van der Waals surface area contributed by atoms with Crippen LogP contribution in [-0.4, -0.2) is 25.5 Å². The van der Waals surface area contributed by atoms with Gasteiger partial charge < -0.3 is 10.6 Å². The molecule has 13 heavy (non-hydrogen) atoms. The second-order valence-electron chi connectivity index (χ2n) is 3.92. The van der Waals surface area contributed by atoms with E-state index in [9.17, 15) is 4.79 Å². The summed E-state index contributed by atoms with van der Waals surface area (Å²) in [4.78, 5) is 11.5. The van der Waals surface area contributed by atoms with Gasteiger partial charge in [0.05, 0.1) is 0 Å². The standard InChI is InChI=1S/C10H20N2O/c1-8(11-2)7-12-10(13)9-5-3-4-6-9/h8-9,11H,3-7H2,1-2H3,(H,12,13). The second-order valence-corrected chi connectivity index (χ2v) is 3.92. The molecule has 3 nitrogen and oxygen atoms in total. The molecular formula is C10H20N2O. The highest BCUT2D eigenvalue weighted by Crippen LogP contribution is 2.24. The normalized spacial score (nSPS) is 20.2.